The summed E-state index contributed by atoms with van der Waals surface area (Å²) in [5.41, 5.74) is 5.73. The van der Waals surface area contributed by atoms with Crippen molar-refractivity contribution in [1.82, 2.24) is 4.90 Å². The average Bonchev–Trinajstić information content (AvgIpc) is 3.48. The average molecular weight is 414 g/mol. The zero-order chi connectivity index (χ0) is 20.4. The van der Waals surface area contributed by atoms with Gasteiger partial charge in [0.25, 0.3) is 0 Å². The fraction of sp³-hybridized carbons (Fsp3) is 0.379. The minimum absolute atomic E-state index is 0. The molecule has 2 aliphatic heterocycles. The first-order valence-corrected chi connectivity index (χ1v) is 11.3. The van der Waals surface area contributed by atoms with Crippen LogP contribution < -0.4 is 4.74 Å². The van der Waals surface area contributed by atoms with E-state index in [1.807, 2.05) is 0 Å². The molecular weight excluding hydrogens is 378 g/mol. The van der Waals surface area contributed by atoms with E-state index in [1.54, 1.807) is 0 Å². The Labute approximate surface area is 187 Å². The molecule has 0 unspecified atom stereocenters. The molecule has 2 heteroatoms. The molecule has 1 atom stereocenters. The third-order valence-electron chi connectivity index (χ3n) is 7.31. The number of ether oxygens (including phenoxy) is 1. The van der Waals surface area contributed by atoms with Crippen molar-refractivity contribution in [3.8, 4) is 5.75 Å². The molecule has 0 bridgehead atoms. The van der Waals surface area contributed by atoms with Gasteiger partial charge in [-0.15, -0.1) is 0 Å². The van der Waals surface area contributed by atoms with Crippen molar-refractivity contribution >= 4 is 0 Å². The number of likely N-dealkylation sites (tertiary alicyclic amines) is 1. The van der Waals surface area contributed by atoms with E-state index in [0.29, 0.717) is 5.92 Å². The standard InChI is InChI=1S/C28H31NO.CH4/c1-28(24-8-4-2-5-9-24,25-10-6-3-7-11-25)26-15-18-29(21-26)17-14-22-12-13-27-23(20-22)16-19-30-27;/h2-13,20,26H,14-19,21H2,1H3;1H4/t26-;/m1./s1. The van der Waals surface area contributed by atoms with Crippen LogP contribution in [0.2, 0.25) is 0 Å². The van der Waals surface area contributed by atoms with E-state index in [-0.39, 0.29) is 12.8 Å². The van der Waals surface area contributed by atoms with Crippen LogP contribution in [-0.4, -0.2) is 31.1 Å². The van der Waals surface area contributed by atoms with Crippen LogP contribution in [0.4, 0.5) is 0 Å². The number of nitrogens with zero attached hydrogens (tertiary/aromatic N) is 1. The summed E-state index contributed by atoms with van der Waals surface area (Å²) >= 11 is 0. The third-order valence-corrected chi connectivity index (χ3v) is 7.31. The van der Waals surface area contributed by atoms with Gasteiger partial charge in [0.15, 0.2) is 0 Å². The number of rotatable bonds is 6. The lowest BCUT2D eigenvalue weighted by atomic mass is 9.67. The van der Waals surface area contributed by atoms with E-state index in [0.717, 1.165) is 38.3 Å². The lowest BCUT2D eigenvalue weighted by molar-refractivity contribution is 0.293. The van der Waals surface area contributed by atoms with Gasteiger partial charge in [0.05, 0.1) is 6.61 Å². The Bertz CT molecular complexity index is 943. The Morgan fingerprint density at radius 1 is 0.935 bits per heavy atom. The van der Waals surface area contributed by atoms with E-state index < -0.39 is 0 Å². The van der Waals surface area contributed by atoms with Gasteiger partial charge in [-0.05, 0) is 53.6 Å². The van der Waals surface area contributed by atoms with Crippen LogP contribution in [0, 0.1) is 5.92 Å². The van der Waals surface area contributed by atoms with Crippen LogP contribution in [0.5, 0.6) is 5.75 Å². The summed E-state index contributed by atoms with van der Waals surface area (Å²) < 4.78 is 5.66. The van der Waals surface area contributed by atoms with Crippen LogP contribution in [0.25, 0.3) is 0 Å². The third kappa shape index (κ3) is 4.27. The van der Waals surface area contributed by atoms with Crippen LogP contribution in [-0.2, 0) is 18.3 Å². The molecule has 2 heterocycles. The molecule has 0 radical (unpaired) electrons. The molecule has 3 aromatic rings. The van der Waals surface area contributed by atoms with Crippen molar-refractivity contribution in [2.45, 2.75) is 39.0 Å². The SMILES string of the molecule is C.CC(c1ccccc1)(c1ccccc1)[C@@H]1CCN(CCc2ccc3c(c2)CCO3)C1. The van der Waals surface area contributed by atoms with Crippen molar-refractivity contribution in [3.63, 3.8) is 0 Å². The lowest BCUT2D eigenvalue weighted by Crippen LogP contribution is -2.36. The van der Waals surface area contributed by atoms with Gasteiger partial charge < -0.3 is 9.64 Å². The van der Waals surface area contributed by atoms with Gasteiger partial charge >= 0.3 is 0 Å². The zero-order valence-corrected chi connectivity index (χ0v) is 17.9. The van der Waals surface area contributed by atoms with Gasteiger partial charge in [-0.2, -0.15) is 0 Å². The number of hydrogen-bond donors (Lipinski definition) is 0. The molecule has 0 aromatic heterocycles. The Morgan fingerprint density at radius 2 is 1.61 bits per heavy atom. The Hall–Kier alpha value is -2.58. The molecule has 0 spiro atoms. The largest absolute Gasteiger partial charge is 0.493 e. The molecule has 3 aromatic carbocycles. The maximum Gasteiger partial charge on any atom is 0.122 e. The topological polar surface area (TPSA) is 12.5 Å². The van der Waals surface area contributed by atoms with Gasteiger partial charge in [-0.25, -0.2) is 0 Å². The second-order valence-corrected chi connectivity index (χ2v) is 9.01. The monoisotopic (exact) mass is 413 g/mol. The molecule has 162 valence electrons. The van der Waals surface area contributed by atoms with Gasteiger partial charge in [-0.3, -0.25) is 0 Å². The Morgan fingerprint density at radius 3 is 2.29 bits per heavy atom. The highest BCUT2D eigenvalue weighted by Crippen LogP contribution is 2.43. The fourth-order valence-corrected chi connectivity index (χ4v) is 5.40. The molecule has 0 saturated carbocycles. The molecule has 31 heavy (non-hydrogen) atoms. The zero-order valence-electron chi connectivity index (χ0n) is 17.9. The summed E-state index contributed by atoms with van der Waals surface area (Å²) in [7, 11) is 0. The van der Waals surface area contributed by atoms with Gasteiger partial charge in [0.1, 0.15) is 5.75 Å². The molecule has 5 rings (SSSR count). The maximum absolute atomic E-state index is 5.66. The minimum atomic E-state index is 0. The first kappa shape index (κ1) is 21.6. The quantitative estimate of drug-likeness (QED) is 0.482. The molecule has 2 aliphatic rings. The summed E-state index contributed by atoms with van der Waals surface area (Å²) in [5.74, 6) is 1.71. The molecule has 2 nitrogen and oxygen atoms in total. The van der Waals surface area contributed by atoms with Crippen LogP contribution in [0.15, 0.2) is 78.9 Å². The Kier molecular flexibility index (Phi) is 6.48. The summed E-state index contributed by atoms with van der Waals surface area (Å²) in [6.07, 6.45) is 3.42. The summed E-state index contributed by atoms with van der Waals surface area (Å²) in [4.78, 5) is 2.67. The first-order valence-electron chi connectivity index (χ1n) is 11.3. The Balaban J connectivity index is 0.00000231. The molecular formula is C29H35NO. The van der Waals surface area contributed by atoms with E-state index in [2.05, 4.69) is 90.7 Å². The summed E-state index contributed by atoms with van der Waals surface area (Å²) in [6, 6.07) is 29.0. The van der Waals surface area contributed by atoms with Crippen LogP contribution in [0.1, 0.15) is 43.0 Å². The van der Waals surface area contributed by atoms with Crippen molar-refractivity contribution < 1.29 is 4.74 Å². The van der Waals surface area contributed by atoms with Crippen molar-refractivity contribution in [2.24, 2.45) is 5.92 Å². The van der Waals surface area contributed by atoms with Gasteiger partial charge in [-0.1, -0.05) is 87.1 Å². The first-order chi connectivity index (χ1) is 14.7. The molecule has 0 amide bonds. The van der Waals surface area contributed by atoms with Crippen molar-refractivity contribution in [2.75, 3.05) is 26.2 Å². The predicted octanol–water partition coefficient (Wildman–Crippen LogP) is 6.13. The highest BCUT2D eigenvalue weighted by atomic mass is 16.5. The van der Waals surface area contributed by atoms with Crippen molar-refractivity contribution in [1.29, 1.82) is 0 Å². The molecule has 0 aliphatic carbocycles. The normalized spacial score (nSPS) is 18.3. The molecule has 1 saturated heterocycles. The second kappa shape index (κ2) is 9.28. The van der Waals surface area contributed by atoms with Crippen LogP contribution in [0.3, 0.4) is 0 Å². The maximum atomic E-state index is 5.66. The number of hydrogen-bond acceptors (Lipinski definition) is 2. The summed E-state index contributed by atoms with van der Waals surface area (Å²) in [5, 5.41) is 0. The second-order valence-electron chi connectivity index (χ2n) is 9.01. The van der Waals surface area contributed by atoms with Crippen LogP contribution >= 0.6 is 0 Å². The molecule has 0 N–H and O–H groups in total. The number of benzene rings is 3. The van der Waals surface area contributed by atoms with E-state index in [9.17, 15) is 0 Å². The lowest BCUT2D eigenvalue weighted by Gasteiger charge is -2.37. The molecule has 1 fully saturated rings. The van der Waals surface area contributed by atoms with Gasteiger partial charge in [0, 0.05) is 24.9 Å². The predicted molar refractivity (Wildman–Crippen MR) is 130 cm³/mol. The smallest absolute Gasteiger partial charge is 0.122 e. The highest BCUT2D eigenvalue weighted by molar-refractivity contribution is 5.41. The van der Waals surface area contributed by atoms with E-state index >= 15 is 0 Å². The van der Waals surface area contributed by atoms with Crippen molar-refractivity contribution in [3.05, 3.63) is 101 Å². The summed E-state index contributed by atoms with van der Waals surface area (Å²) in [6.45, 7) is 6.77. The number of fused-ring (bicyclic) bond motifs is 1. The van der Waals surface area contributed by atoms with Gasteiger partial charge in [0.2, 0.25) is 0 Å². The fourth-order valence-electron chi connectivity index (χ4n) is 5.40. The minimum Gasteiger partial charge on any atom is -0.493 e. The highest BCUT2D eigenvalue weighted by Gasteiger charge is 2.40. The van der Waals surface area contributed by atoms with E-state index in [4.69, 9.17) is 4.74 Å². The van der Waals surface area contributed by atoms with E-state index in [1.165, 1.54) is 35.2 Å².